The second kappa shape index (κ2) is 42.5. The minimum absolute atomic E-state index is 0.0473. The third kappa shape index (κ3) is 37.3. The summed E-state index contributed by atoms with van der Waals surface area (Å²) < 4.78 is 11.4. The Kier molecular flexibility index (Phi) is 41.0. The van der Waals surface area contributed by atoms with Gasteiger partial charge in [0, 0.05) is 12.8 Å². The number of hydrogen-bond acceptors (Lipinski definition) is 7. The summed E-state index contributed by atoms with van der Waals surface area (Å²) in [6, 6.07) is -1.22. The molecule has 0 aromatic rings. The fraction of sp³-hybridized carbons (Fsp3) is 0.920. The zero-order chi connectivity index (χ0) is 43.6. The normalized spacial score (nSPS) is 12.5. The molecule has 0 spiro atoms. The van der Waals surface area contributed by atoms with E-state index in [1.807, 2.05) is 0 Å². The highest BCUT2D eigenvalue weighted by Gasteiger charge is 2.21. The summed E-state index contributed by atoms with van der Waals surface area (Å²) in [6.45, 7) is 15.9. The molecule has 348 valence electrons. The van der Waals surface area contributed by atoms with Gasteiger partial charge in [0.25, 0.3) is 0 Å². The molecule has 0 aliphatic carbocycles. The maximum absolute atomic E-state index is 12.9. The fourth-order valence-electron chi connectivity index (χ4n) is 7.67. The summed E-state index contributed by atoms with van der Waals surface area (Å²) in [5.74, 6) is -0.787. The van der Waals surface area contributed by atoms with Crippen LogP contribution in [0.5, 0.6) is 0 Å². The first-order chi connectivity index (χ1) is 28.7. The van der Waals surface area contributed by atoms with Crippen LogP contribution < -0.4 is 10.6 Å². The Morgan fingerprint density at radius 1 is 0.441 bits per heavy atom. The zero-order valence-corrected chi connectivity index (χ0v) is 39.8. The molecule has 9 heteroatoms. The van der Waals surface area contributed by atoms with Crippen LogP contribution in [-0.4, -0.2) is 73.1 Å². The molecule has 2 amide bonds. The smallest absolute Gasteiger partial charge is 0.328 e. The molecule has 2 atom stereocenters. The van der Waals surface area contributed by atoms with Gasteiger partial charge in [0.05, 0.1) is 6.61 Å². The number of esters is 2. The molecular weight excluding hydrogens is 739 g/mol. The van der Waals surface area contributed by atoms with Crippen molar-refractivity contribution in [3.8, 4) is 0 Å². The molecule has 2 N–H and O–H groups in total. The van der Waals surface area contributed by atoms with Crippen molar-refractivity contribution in [2.45, 2.75) is 272 Å². The summed E-state index contributed by atoms with van der Waals surface area (Å²) in [7, 11) is 0. The Morgan fingerprint density at radius 3 is 1.24 bits per heavy atom. The first-order valence-electron chi connectivity index (χ1n) is 25.4. The molecule has 0 aliphatic heterocycles. The Hall–Kier alpha value is -2.16. The molecule has 0 radical (unpaired) electrons. The molecule has 0 aromatic heterocycles. The van der Waals surface area contributed by atoms with E-state index in [0.717, 1.165) is 110 Å². The lowest BCUT2D eigenvalue weighted by molar-refractivity contribution is -0.153. The number of hydrogen-bond donors (Lipinski definition) is 2. The van der Waals surface area contributed by atoms with E-state index in [4.69, 9.17) is 9.47 Å². The first-order valence-corrected chi connectivity index (χ1v) is 25.4. The topological polar surface area (TPSA) is 114 Å². The number of ether oxygens (including phenoxy) is 2. The molecule has 2 unspecified atom stereocenters. The lowest BCUT2D eigenvalue weighted by atomic mass is 10.0. The summed E-state index contributed by atoms with van der Waals surface area (Å²) >= 11 is 0. The molecule has 0 aromatic carbocycles. The van der Waals surface area contributed by atoms with Gasteiger partial charge in [0.15, 0.2) is 0 Å². The van der Waals surface area contributed by atoms with Gasteiger partial charge in [-0.15, -0.1) is 0 Å². The van der Waals surface area contributed by atoms with Crippen LogP contribution in [0.25, 0.3) is 0 Å². The van der Waals surface area contributed by atoms with E-state index in [1.54, 1.807) is 13.8 Å². The van der Waals surface area contributed by atoms with Crippen LogP contribution in [-0.2, 0) is 28.7 Å². The standard InChI is InChI=1S/C50H97N3O6/c1-7-11-14-17-20-21-22-28-36-43-58-49(56)44(5)51-47(54)40-33-29-35-42-53(10-4)41-34-27-23-26-32-39-48(55)52-45(6)50(57)59-46(37-30-24-18-15-12-8-2)38-31-25-19-16-13-9-3/h44-46H,7-43H2,1-6H3,(H,51,54)(H,52,55). The van der Waals surface area contributed by atoms with Crippen LogP contribution in [0.15, 0.2) is 0 Å². The van der Waals surface area contributed by atoms with Crippen molar-refractivity contribution in [2.24, 2.45) is 0 Å². The Morgan fingerprint density at radius 2 is 0.797 bits per heavy atom. The van der Waals surface area contributed by atoms with Crippen molar-refractivity contribution >= 4 is 23.8 Å². The number of amides is 2. The van der Waals surface area contributed by atoms with Gasteiger partial charge < -0.3 is 25.0 Å². The van der Waals surface area contributed by atoms with E-state index in [-0.39, 0.29) is 29.9 Å². The van der Waals surface area contributed by atoms with Gasteiger partial charge in [-0.3, -0.25) is 9.59 Å². The zero-order valence-electron chi connectivity index (χ0n) is 39.8. The van der Waals surface area contributed by atoms with E-state index >= 15 is 0 Å². The summed E-state index contributed by atoms with van der Waals surface area (Å²) in [5.41, 5.74) is 0. The number of rotatable bonds is 44. The van der Waals surface area contributed by atoms with E-state index in [9.17, 15) is 19.2 Å². The van der Waals surface area contributed by atoms with E-state index in [0.29, 0.717) is 19.4 Å². The molecule has 0 aliphatic rings. The van der Waals surface area contributed by atoms with Gasteiger partial charge in [-0.05, 0) is 91.3 Å². The Bertz CT molecular complexity index is 978. The third-order valence-electron chi connectivity index (χ3n) is 11.7. The summed E-state index contributed by atoms with van der Waals surface area (Å²) in [5, 5.41) is 5.70. The van der Waals surface area contributed by atoms with Crippen LogP contribution in [0.3, 0.4) is 0 Å². The Balaban J connectivity index is 4.07. The van der Waals surface area contributed by atoms with Gasteiger partial charge >= 0.3 is 11.9 Å². The molecule has 0 saturated carbocycles. The number of unbranched alkanes of at least 4 members (excludes halogenated alkanes) is 24. The SMILES string of the molecule is CCCCCCCCCCCOC(=O)C(C)NC(=O)CCCCCN(CC)CCCCCCCC(=O)NC(C)C(=O)OC(CCCCCCCC)CCCCCCCC. The van der Waals surface area contributed by atoms with E-state index in [1.165, 1.54) is 109 Å². The second-order valence-corrected chi connectivity index (χ2v) is 17.5. The predicted octanol–water partition coefficient (Wildman–Crippen LogP) is 12.7. The lowest BCUT2D eigenvalue weighted by Gasteiger charge is -2.21. The minimum Gasteiger partial charge on any atom is -0.464 e. The van der Waals surface area contributed by atoms with E-state index in [2.05, 4.69) is 43.2 Å². The highest BCUT2D eigenvalue weighted by Crippen LogP contribution is 2.18. The van der Waals surface area contributed by atoms with Crippen molar-refractivity contribution in [1.82, 2.24) is 15.5 Å². The van der Waals surface area contributed by atoms with Gasteiger partial charge in [-0.2, -0.15) is 0 Å². The minimum atomic E-state index is -0.616. The fourth-order valence-corrected chi connectivity index (χ4v) is 7.67. The summed E-state index contributed by atoms with van der Waals surface area (Å²) in [4.78, 5) is 52.8. The van der Waals surface area contributed by atoms with Crippen molar-refractivity contribution < 1.29 is 28.7 Å². The van der Waals surface area contributed by atoms with Crippen LogP contribution in [0, 0.1) is 0 Å². The van der Waals surface area contributed by atoms with Gasteiger partial charge in [-0.25, -0.2) is 9.59 Å². The molecule has 0 rings (SSSR count). The van der Waals surface area contributed by atoms with Crippen molar-refractivity contribution in [3.63, 3.8) is 0 Å². The van der Waals surface area contributed by atoms with Crippen molar-refractivity contribution in [2.75, 3.05) is 26.2 Å². The average molecular weight is 836 g/mol. The molecule has 0 fully saturated rings. The maximum atomic E-state index is 12.9. The maximum Gasteiger partial charge on any atom is 0.328 e. The number of nitrogens with zero attached hydrogens (tertiary/aromatic N) is 1. The summed E-state index contributed by atoms with van der Waals surface area (Å²) in [6.07, 6.45) is 36.5. The highest BCUT2D eigenvalue weighted by atomic mass is 16.5. The van der Waals surface area contributed by atoms with Crippen molar-refractivity contribution in [3.05, 3.63) is 0 Å². The quantitative estimate of drug-likeness (QED) is 0.0464. The van der Waals surface area contributed by atoms with Crippen LogP contribution in [0.4, 0.5) is 0 Å². The number of carbonyl (C=O) groups excluding carboxylic acids is 4. The third-order valence-corrected chi connectivity index (χ3v) is 11.7. The largest absolute Gasteiger partial charge is 0.464 e. The predicted molar refractivity (Wildman–Crippen MR) is 248 cm³/mol. The van der Waals surface area contributed by atoms with Crippen LogP contribution >= 0.6 is 0 Å². The number of carbonyl (C=O) groups is 4. The average Bonchev–Trinajstić information content (AvgIpc) is 3.22. The van der Waals surface area contributed by atoms with Gasteiger partial charge in [-0.1, -0.05) is 169 Å². The monoisotopic (exact) mass is 836 g/mol. The molecule has 9 nitrogen and oxygen atoms in total. The number of nitrogens with one attached hydrogen (secondary N) is 2. The Labute approximate surface area is 364 Å². The molecule has 59 heavy (non-hydrogen) atoms. The second-order valence-electron chi connectivity index (χ2n) is 17.5. The molecule has 0 bridgehead atoms. The van der Waals surface area contributed by atoms with E-state index < -0.39 is 12.1 Å². The molecular formula is C50H97N3O6. The molecule has 0 heterocycles. The van der Waals surface area contributed by atoms with Gasteiger partial charge in [0.1, 0.15) is 18.2 Å². The lowest BCUT2D eigenvalue weighted by Crippen LogP contribution is -2.40. The highest BCUT2D eigenvalue weighted by molar-refractivity contribution is 5.84. The van der Waals surface area contributed by atoms with Crippen LogP contribution in [0.1, 0.15) is 253 Å². The van der Waals surface area contributed by atoms with Crippen molar-refractivity contribution in [1.29, 1.82) is 0 Å². The van der Waals surface area contributed by atoms with Gasteiger partial charge in [0.2, 0.25) is 11.8 Å². The van der Waals surface area contributed by atoms with Crippen LogP contribution in [0.2, 0.25) is 0 Å². The first kappa shape index (κ1) is 56.8. The molecule has 0 saturated heterocycles.